The first-order chi connectivity index (χ1) is 15.2. The van der Waals surface area contributed by atoms with Crippen molar-refractivity contribution in [2.24, 2.45) is 0 Å². The fourth-order valence-electron chi connectivity index (χ4n) is 4.35. The fourth-order valence-corrected chi connectivity index (χ4v) is 4.91. The Labute approximate surface area is 194 Å². The molecule has 32 heavy (non-hydrogen) atoms. The van der Waals surface area contributed by atoms with E-state index in [1.807, 2.05) is 69.3 Å². The molecule has 2 aromatic heterocycles. The van der Waals surface area contributed by atoms with E-state index < -0.39 is 11.6 Å². The molecule has 5 rings (SSSR count). The summed E-state index contributed by atoms with van der Waals surface area (Å²) in [5.74, 6) is -0.909. The van der Waals surface area contributed by atoms with E-state index >= 15 is 0 Å². The van der Waals surface area contributed by atoms with Gasteiger partial charge in [-0.15, -0.1) is 0 Å². The molecule has 0 saturated carbocycles. The van der Waals surface area contributed by atoms with E-state index in [9.17, 15) is 9.59 Å². The van der Waals surface area contributed by atoms with E-state index in [2.05, 4.69) is 9.97 Å². The maximum atomic E-state index is 13.6. The third kappa shape index (κ3) is 2.98. The van der Waals surface area contributed by atoms with Crippen molar-refractivity contribution in [3.05, 3.63) is 81.6 Å². The van der Waals surface area contributed by atoms with Crippen molar-refractivity contribution >= 4 is 67.7 Å². The van der Waals surface area contributed by atoms with Gasteiger partial charge >= 0.3 is 0 Å². The number of para-hydroxylation sites is 2. The maximum Gasteiger partial charge on any atom is 0.207 e. The Balaban J connectivity index is 1.77. The smallest absolute Gasteiger partial charge is 0.207 e. The Morgan fingerprint density at radius 1 is 0.750 bits per heavy atom. The number of nitrogens with one attached hydrogen (secondary N) is 2. The van der Waals surface area contributed by atoms with Gasteiger partial charge in [0.25, 0.3) is 0 Å². The van der Waals surface area contributed by atoms with Crippen molar-refractivity contribution in [3.8, 4) is 0 Å². The summed E-state index contributed by atoms with van der Waals surface area (Å²) in [6.07, 6.45) is 1.69. The second-order valence-electron chi connectivity index (χ2n) is 8.95. The first-order valence-electron chi connectivity index (χ1n) is 10.3. The highest BCUT2D eigenvalue weighted by Crippen LogP contribution is 2.45. The molecule has 0 unspecified atom stereocenters. The van der Waals surface area contributed by atoms with Crippen LogP contribution in [0.15, 0.2) is 64.8 Å². The normalized spacial score (nSPS) is 15.5. The highest BCUT2D eigenvalue weighted by Gasteiger charge is 2.38. The van der Waals surface area contributed by atoms with Gasteiger partial charge in [0.15, 0.2) is 0 Å². The number of carbonyl (C=O) groups excluding carboxylic acids is 2. The predicted molar refractivity (Wildman–Crippen MR) is 131 cm³/mol. The number of allylic oxidation sites excluding steroid dienone is 4. The summed E-state index contributed by atoms with van der Waals surface area (Å²) < 4.78 is 0. The van der Waals surface area contributed by atoms with Crippen LogP contribution in [0.4, 0.5) is 0 Å². The lowest BCUT2D eigenvalue weighted by atomic mass is 9.82. The van der Waals surface area contributed by atoms with Gasteiger partial charge in [0.1, 0.15) is 10.1 Å². The molecule has 0 saturated heterocycles. The number of hydrogen-bond acceptors (Lipinski definition) is 2. The van der Waals surface area contributed by atoms with Crippen molar-refractivity contribution < 1.29 is 9.59 Å². The molecule has 0 fully saturated rings. The third-order valence-electron chi connectivity index (χ3n) is 5.86. The minimum absolute atomic E-state index is 0.116. The van der Waals surface area contributed by atoms with Crippen molar-refractivity contribution in [2.45, 2.75) is 26.2 Å². The number of ketones is 2. The maximum absolute atomic E-state index is 13.6. The second-order valence-corrected chi connectivity index (χ2v) is 9.71. The molecule has 1 aliphatic rings. The molecular weight excluding hydrogens is 443 g/mol. The number of aromatic nitrogens is 2. The fraction of sp³-hybridized carbons (Fsp3) is 0.154. The Hall–Kier alpha value is -3.08. The highest BCUT2D eigenvalue weighted by molar-refractivity contribution is 6.68. The number of rotatable bonds is 2. The lowest BCUT2D eigenvalue weighted by Gasteiger charge is -2.23. The number of aromatic amines is 2. The summed E-state index contributed by atoms with van der Waals surface area (Å²) in [7, 11) is 0. The zero-order valence-electron chi connectivity index (χ0n) is 17.8. The van der Waals surface area contributed by atoms with E-state index in [1.165, 1.54) is 0 Å². The Morgan fingerprint density at radius 3 is 2.00 bits per heavy atom. The predicted octanol–water partition coefficient (Wildman–Crippen LogP) is 6.70. The minimum atomic E-state index is -0.457. The van der Waals surface area contributed by atoms with Crippen molar-refractivity contribution in [2.75, 3.05) is 0 Å². The van der Waals surface area contributed by atoms with Crippen molar-refractivity contribution in [1.29, 1.82) is 0 Å². The standard InChI is InChI=1S/C26H20Cl2N2O2/c1-26(2,3)25-18(14-9-5-7-11-17(14)30-25)20-22(28)23(31)19(21(27)24(20)32)15-12-29-16-10-6-4-8-13(15)16/h4-12,29-30H,1-3H3. The van der Waals surface area contributed by atoms with E-state index in [-0.39, 0.29) is 26.6 Å². The van der Waals surface area contributed by atoms with Crippen LogP contribution in [0.1, 0.15) is 37.6 Å². The zero-order chi connectivity index (χ0) is 22.8. The quantitative estimate of drug-likeness (QED) is 0.325. The number of hydrogen-bond donors (Lipinski definition) is 2. The van der Waals surface area contributed by atoms with E-state index in [0.717, 1.165) is 27.5 Å². The van der Waals surface area contributed by atoms with Gasteiger partial charge < -0.3 is 9.97 Å². The highest BCUT2D eigenvalue weighted by atomic mass is 35.5. The Kier molecular flexibility index (Phi) is 4.70. The SMILES string of the molecule is CC(C)(C)c1[nH]c2ccccc2c1C1=C(Cl)C(=O)C(c2c[nH]c3ccccc23)=C(Cl)C1=O. The number of carbonyl (C=O) groups is 2. The van der Waals surface area contributed by atoms with Crippen molar-refractivity contribution in [1.82, 2.24) is 9.97 Å². The van der Waals surface area contributed by atoms with Gasteiger partial charge in [0.05, 0.1) is 11.1 Å². The monoisotopic (exact) mass is 462 g/mol. The van der Waals surface area contributed by atoms with Crippen LogP contribution < -0.4 is 0 Å². The average molecular weight is 463 g/mol. The van der Waals surface area contributed by atoms with Crippen LogP contribution in [0.3, 0.4) is 0 Å². The number of H-pyrrole nitrogens is 2. The molecule has 0 amide bonds. The van der Waals surface area contributed by atoms with Crippen LogP contribution in [-0.2, 0) is 15.0 Å². The van der Waals surface area contributed by atoms with Gasteiger partial charge in [-0.1, -0.05) is 80.4 Å². The molecule has 2 aromatic carbocycles. The van der Waals surface area contributed by atoms with E-state index in [4.69, 9.17) is 23.2 Å². The molecule has 6 heteroatoms. The summed E-state index contributed by atoms with van der Waals surface area (Å²) in [4.78, 5) is 33.7. The van der Waals surface area contributed by atoms with Gasteiger partial charge in [0.2, 0.25) is 11.6 Å². The lowest BCUT2D eigenvalue weighted by Crippen LogP contribution is -2.21. The number of Topliss-reactive ketones (excluding diaryl/α,β-unsaturated/α-hetero) is 2. The summed E-state index contributed by atoms with van der Waals surface area (Å²) in [6, 6.07) is 15.2. The molecule has 0 spiro atoms. The lowest BCUT2D eigenvalue weighted by molar-refractivity contribution is -0.113. The van der Waals surface area contributed by atoms with Gasteiger partial charge in [0, 0.05) is 50.2 Å². The van der Waals surface area contributed by atoms with Crippen molar-refractivity contribution in [3.63, 3.8) is 0 Å². The van der Waals surface area contributed by atoms with E-state index in [1.54, 1.807) is 6.20 Å². The summed E-state index contributed by atoms with van der Waals surface area (Å²) in [5, 5.41) is 1.39. The summed E-state index contributed by atoms with van der Waals surface area (Å²) >= 11 is 13.3. The number of halogens is 2. The minimum Gasteiger partial charge on any atom is -0.361 e. The first-order valence-corrected chi connectivity index (χ1v) is 11.0. The van der Waals surface area contributed by atoms with Crippen LogP contribution in [0.5, 0.6) is 0 Å². The van der Waals surface area contributed by atoms with Gasteiger partial charge in [-0.25, -0.2) is 0 Å². The molecule has 0 bridgehead atoms. The molecule has 160 valence electrons. The summed E-state index contributed by atoms with van der Waals surface area (Å²) in [5.41, 5.74) is 3.68. The Bertz CT molecular complexity index is 1510. The number of benzene rings is 2. The zero-order valence-corrected chi connectivity index (χ0v) is 19.3. The first kappa shape index (κ1) is 20.8. The van der Waals surface area contributed by atoms with Gasteiger partial charge in [-0.3, -0.25) is 9.59 Å². The third-order valence-corrected chi connectivity index (χ3v) is 6.58. The molecule has 0 radical (unpaired) electrons. The molecule has 2 N–H and O–H groups in total. The van der Waals surface area contributed by atoms with Gasteiger partial charge in [-0.2, -0.15) is 0 Å². The molecule has 0 atom stereocenters. The van der Waals surface area contributed by atoms with Crippen LogP contribution >= 0.6 is 23.2 Å². The largest absolute Gasteiger partial charge is 0.361 e. The van der Waals surface area contributed by atoms with E-state index in [0.29, 0.717) is 11.1 Å². The van der Waals surface area contributed by atoms with Crippen LogP contribution in [0.25, 0.3) is 33.0 Å². The number of fused-ring (bicyclic) bond motifs is 2. The molecule has 1 aliphatic carbocycles. The molecule has 4 aromatic rings. The van der Waals surface area contributed by atoms with Crippen LogP contribution in [0.2, 0.25) is 0 Å². The van der Waals surface area contributed by atoms with Crippen LogP contribution in [0, 0.1) is 0 Å². The van der Waals surface area contributed by atoms with Crippen LogP contribution in [-0.4, -0.2) is 21.5 Å². The topological polar surface area (TPSA) is 65.7 Å². The summed E-state index contributed by atoms with van der Waals surface area (Å²) in [6.45, 7) is 6.12. The second kappa shape index (κ2) is 7.22. The van der Waals surface area contributed by atoms with Gasteiger partial charge in [-0.05, 0) is 12.1 Å². The molecule has 2 heterocycles. The molecular formula is C26H20Cl2N2O2. The average Bonchev–Trinajstić information content (AvgIpc) is 3.35. The molecule has 0 aliphatic heterocycles. The Morgan fingerprint density at radius 2 is 1.31 bits per heavy atom. The molecule has 4 nitrogen and oxygen atoms in total.